The largest absolute Gasteiger partial charge is 0.359 e. The second kappa shape index (κ2) is 12.1. The molecule has 6 nitrogen and oxygen atoms in total. The summed E-state index contributed by atoms with van der Waals surface area (Å²) in [6, 6.07) is 2.71. The van der Waals surface area contributed by atoms with Crippen molar-refractivity contribution in [2.45, 2.75) is 52.1 Å². The lowest BCUT2D eigenvalue weighted by Crippen LogP contribution is -2.47. The van der Waals surface area contributed by atoms with Gasteiger partial charge in [0.1, 0.15) is 0 Å². The Labute approximate surface area is 196 Å². The van der Waals surface area contributed by atoms with Crippen LogP contribution in [0.15, 0.2) is 16.4 Å². The predicted molar refractivity (Wildman–Crippen MR) is 132 cm³/mol. The highest BCUT2D eigenvalue weighted by molar-refractivity contribution is 14.0. The van der Waals surface area contributed by atoms with Crippen molar-refractivity contribution in [1.82, 2.24) is 20.4 Å². The fourth-order valence-electron chi connectivity index (χ4n) is 4.12. The van der Waals surface area contributed by atoms with Gasteiger partial charge in [0.15, 0.2) is 5.96 Å². The van der Waals surface area contributed by atoms with Crippen LogP contribution in [-0.2, 0) is 17.8 Å². The van der Waals surface area contributed by atoms with Crippen LogP contribution in [0.3, 0.4) is 0 Å². The summed E-state index contributed by atoms with van der Waals surface area (Å²) >= 11 is 1.89. The smallest absolute Gasteiger partial charge is 0.220 e. The summed E-state index contributed by atoms with van der Waals surface area (Å²) < 4.78 is 0. The minimum absolute atomic E-state index is 0. The molecule has 0 spiro atoms. The lowest BCUT2D eigenvalue weighted by atomic mass is 9.93. The fraction of sp³-hybridized carbons (Fsp3) is 0.714. The van der Waals surface area contributed by atoms with Crippen LogP contribution < -0.4 is 10.6 Å². The second-order valence-electron chi connectivity index (χ2n) is 7.94. The number of halogens is 1. The molecule has 1 unspecified atom stereocenters. The number of likely N-dealkylation sites (tertiary alicyclic amines) is 1. The van der Waals surface area contributed by atoms with Gasteiger partial charge in [0, 0.05) is 57.1 Å². The molecule has 2 N–H and O–H groups in total. The summed E-state index contributed by atoms with van der Waals surface area (Å²) in [6.45, 7) is 10.3. The minimum Gasteiger partial charge on any atom is -0.359 e. The van der Waals surface area contributed by atoms with E-state index in [4.69, 9.17) is 4.99 Å². The first-order chi connectivity index (χ1) is 13.6. The van der Waals surface area contributed by atoms with Crippen LogP contribution >= 0.6 is 35.3 Å². The topological polar surface area (TPSA) is 60.0 Å². The normalized spacial score (nSPS) is 19.3. The minimum atomic E-state index is 0. The zero-order valence-electron chi connectivity index (χ0n) is 17.9. The van der Waals surface area contributed by atoms with Crippen LogP contribution in [0, 0.1) is 5.92 Å². The molecule has 1 amide bonds. The van der Waals surface area contributed by atoms with Crippen LogP contribution in [0.25, 0.3) is 0 Å². The summed E-state index contributed by atoms with van der Waals surface area (Å²) in [5, 5.41) is 8.43. The number of thiophene rings is 1. The van der Waals surface area contributed by atoms with Crippen LogP contribution in [0.4, 0.5) is 0 Å². The molecule has 8 heteroatoms. The highest BCUT2D eigenvalue weighted by atomic mass is 127. The van der Waals surface area contributed by atoms with E-state index in [1.807, 2.05) is 11.3 Å². The molecule has 1 aromatic rings. The molecule has 164 valence electrons. The Kier molecular flexibility index (Phi) is 10.2. The molecule has 3 heterocycles. The zero-order chi connectivity index (χ0) is 19.9. The van der Waals surface area contributed by atoms with Crippen molar-refractivity contribution < 1.29 is 4.79 Å². The van der Waals surface area contributed by atoms with Crippen molar-refractivity contribution in [2.24, 2.45) is 10.9 Å². The summed E-state index contributed by atoms with van der Waals surface area (Å²) in [7, 11) is 1.72. The maximum atomic E-state index is 11.6. The van der Waals surface area contributed by atoms with Gasteiger partial charge < -0.3 is 15.5 Å². The summed E-state index contributed by atoms with van der Waals surface area (Å²) in [6.07, 6.45) is 3.93. The standard InChI is InChI=1S/C21H35N5OS.HI/c1-4-23-21(25-9-5-17(6-10-25)13-20(27)22-3)24-14-16(2)26-11-7-19-18(15-26)8-12-28-19;/h8,12,16-17H,4-7,9-11,13-15H2,1-3H3,(H,22,27)(H,23,24);1H. The van der Waals surface area contributed by atoms with Crippen molar-refractivity contribution in [2.75, 3.05) is 39.8 Å². The molecule has 1 aromatic heterocycles. The van der Waals surface area contributed by atoms with Crippen molar-refractivity contribution in [3.05, 3.63) is 21.9 Å². The van der Waals surface area contributed by atoms with E-state index in [1.165, 1.54) is 12.0 Å². The van der Waals surface area contributed by atoms with Gasteiger partial charge in [-0.3, -0.25) is 14.7 Å². The predicted octanol–water partition coefficient (Wildman–Crippen LogP) is 2.93. The van der Waals surface area contributed by atoms with Crippen molar-refractivity contribution in [3.8, 4) is 0 Å². The Morgan fingerprint density at radius 1 is 1.34 bits per heavy atom. The highest BCUT2D eigenvalue weighted by Crippen LogP contribution is 2.25. The molecular formula is C21H36IN5OS. The number of carbonyl (C=O) groups is 1. The van der Waals surface area contributed by atoms with Gasteiger partial charge in [0.2, 0.25) is 5.91 Å². The first-order valence-corrected chi connectivity index (χ1v) is 11.5. The van der Waals surface area contributed by atoms with E-state index in [9.17, 15) is 4.79 Å². The average molecular weight is 534 g/mol. The molecule has 2 aliphatic heterocycles. The van der Waals surface area contributed by atoms with E-state index in [2.05, 4.69) is 45.7 Å². The molecule has 1 saturated heterocycles. The van der Waals surface area contributed by atoms with Crippen LogP contribution in [0.2, 0.25) is 0 Å². The third-order valence-corrected chi connectivity index (χ3v) is 6.99. The number of rotatable bonds is 6. The Balaban J connectivity index is 0.00000300. The van der Waals surface area contributed by atoms with E-state index in [0.29, 0.717) is 18.4 Å². The van der Waals surface area contributed by atoms with Gasteiger partial charge in [-0.1, -0.05) is 0 Å². The molecule has 0 bridgehead atoms. The van der Waals surface area contributed by atoms with Crippen molar-refractivity contribution >= 4 is 47.2 Å². The number of hydrogen-bond donors (Lipinski definition) is 2. The molecule has 0 saturated carbocycles. The van der Waals surface area contributed by atoms with E-state index >= 15 is 0 Å². The Morgan fingerprint density at radius 2 is 2.10 bits per heavy atom. The molecule has 3 rings (SSSR count). The number of nitrogens with zero attached hydrogens (tertiary/aromatic N) is 3. The van der Waals surface area contributed by atoms with Crippen LogP contribution in [0.1, 0.15) is 43.6 Å². The number of fused-ring (bicyclic) bond motifs is 1. The molecule has 29 heavy (non-hydrogen) atoms. The third-order valence-electron chi connectivity index (χ3n) is 5.97. The lowest BCUT2D eigenvalue weighted by Gasteiger charge is -2.35. The quantitative estimate of drug-likeness (QED) is 0.336. The Hall–Kier alpha value is -0.870. The average Bonchev–Trinajstić information content (AvgIpc) is 3.19. The van der Waals surface area contributed by atoms with E-state index < -0.39 is 0 Å². The Bertz CT molecular complexity index is 672. The third kappa shape index (κ3) is 6.82. The van der Waals surface area contributed by atoms with Crippen molar-refractivity contribution in [1.29, 1.82) is 0 Å². The second-order valence-corrected chi connectivity index (χ2v) is 8.94. The number of hydrogen-bond acceptors (Lipinski definition) is 4. The van der Waals surface area contributed by atoms with Gasteiger partial charge in [-0.2, -0.15) is 0 Å². The summed E-state index contributed by atoms with van der Waals surface area (Å²) in [5.41, 5.74) is 1.50. The van der Waals surface area contributed by atoms with E-state index in [1.54, 1.807) is 11.9 Å². The van der Waals surface area contributed by atoms with Gasteiger partial charge in [0.25, 0.3) is 0 Å². The maximum absolute atomic E-state index is 11.6. The van der Waals surface area contributed by atoms with Gasteiger partial charge in [-0.25, -0.2) is 0 Å². The first-order valence-electron chi connectivity index (χ1n) is 10.6. The molecular weight excluding hydrogens is 497 g/mol. The zero-order valence-corrected chi connectivity index (χ0v) is 21.1. The molecule has 0 aromatic carbocycles. The van der Waals surface area contributed by atoms with E-state index in [0.717, 1.165) is 58.1 Å². The number of guanidine groups is 1. The van der Waals surface area contributed by atoms with Gasteiger partial charge in [-0.05, 0) is 56.0 Å². The monoisotopic (exact) mass is 533 g/mol. The molecule has 0 aliphatic carbocycles. The van der Waals surface area contributed by atoms with Crippen molar-refractivity contribution in [3.63, 3.8) is 0 Å². The SMILES string of the molecule is CCNC(=NCC(C)N1CCc2sccc2C1)N1CCC(CC(=O)NC)CC1.I. The Morgan fingerprint density at radius 3 is 2.79 bits per heavy atom. The fourth-order valence-corrected chi connectivity index (χ4v) is 5.01. The molecule has 0 radical (unpaired) electrons. The molecule has 2 aliphatic rings. The lowest BCUT2D eigenvalue weighted by molar-refractivity contribution is -0.121. The summed E-state index contributed by atoms with van der Waals surface area (Å²) in [4.78, 5) is 23.1. The number of amides is 1. The number of piperidine rings is 1. The molecule has 1 fully saturated rings. The van der Waals surface area contributed by atoms with Gasteiger partial charge in [0.05, 0.1) is 6.54 Å². The van der Waals surface area contributed by atoms with Crippen LogP contribution in [-0.4, -0.2) is 67.5 Å². The number of nitrogens with one attached hydrogen (secondary N) is 2. The van der Waals surface area contributed by atoms with Gasteiger partial charge in [-0.15, -0.1) is 35.3 Å². The van der Waals surface area contributed by atoms with Gasteiger partial charge >= 0.3 is 0 Å². The van der Waals surface area contributed by atoms with Crippen LogP contribution in [0.5, 0.6) is 0 Å². The number of carbonyl (C=O) groups excluding carboxylic acids is 1. The highest BCUT2D eigenvalue weighted by Gasteiger charge is 2.24. The maximum Gasteiger partial charge on any atom is 0.220 e. The summed E-state index contributed by atoms with van der Waals surface area (Å²) in [5.74, 6) is 1.68. The number of aliphatic imine (C=N–C) groups is 1. The van der Waals surface area contributed by atoms with E-state index in [-0.39, 0.29) is 29.9 Å². The molecule has 1 atom stereocenters. The first kappa shape index (κ1) is 24.4.